The lowest BCUT2D eigenvalue weighted by Crippen LogP contribution is -2.28. The standard InChI is InChI=1S/C27H25NO5S/c1-16-21-13-11-19(17(2)29)15-22(21)27(30)25(16)23-14-12-18-7-6-10-24(26(18)28-23)33-34(31,32)20-8-4-3-5-9-20/h6-7,10-15,20,25H,1,3-5,8-9H2,2H3. The van der Waals surface area contributed by atoms with Gasteiger partial charge in [-0.2, -0.15) is 8.42 Å². The summed E-state index contributed by atoms with van der Waals surface area (Å²) >= 11 is 0. The van der Waals surface area contributed by atoms with Crippen LogP contribution >= 0.6 is 0 Å². The number of benzene rings is 2. The first kappa shape index (κ1) is 22.5. The molecule has 174 valence electrons. The van der Waals surface area contributed by atoms with Gasteiger partial charge in [0.05, 0.1) is 16.9 Å². The van der Waals surface area contributed by atoms with Crippen LogP contribution in [0.25, 0.3) is 16.5 Å². The Hall–Kier alpha value is -3.32. The minimum atomic E-state index is -3.79. The van der Waals surface area contributed by atoms with Crippen LogP contribution in [0.5, 0.6) is 5.75 Å². The number of ketones is 2. The Morgan fingerprint density at radius 2 is 1.79 bits per heavy atom. The van der Waals surface area contributed by atoms with Gasteiger partial charge in [-0.3, -0.25) is 9.59 Å². The molecule has 34 heavy (non-hydrogen) atoms. The monoisotopic (exact) mass is 475 g/mol. The Balaban J connectivity index is 1.53. The second-order valence-electron chi connectivity index (χ2n) is 9.04. The molecule has 2 aliphatic rings. The Labute approximate surface area is 198 Å². The molecule has 7 heteroatoms. The van der Waals surface area contributed by atoms with E-state index in [-0.39, 0.29) is 17.3 Å². The largest absolute Gasteiger partial charge is 0.380 e. The molecular weight excluding hydrogens is 450 g/mol. The van der Waals surface area contributed by atoms with Crippen LogP contribution in [0, 0.1) is 0 Å². The number of nitrogens with zero attached hydrogens (tertiary/aromatic N) is 1. The Morgan fingerprint density at radius 3 is 2.53 bits per heavy atom. The van der Waals surface area contributed by atoms with Crippen molar-refractivity contribution in [2.45, 2.75) is 50.2 Å². The molecule has 1 fully saturated rings. The van der Waals surface area contributed by atoms with E-state index < -0.39 is 21.3 Å². The maximum absolute atomic E-state index is 13.3. The molecule has 0 radical (unpaired) electrons. The van der Waals surface area contributed by atoms with Gasteiger partial charge >= 0.3 is 10.1 Å². The van der Waals surface area contributed by atoms with Crippen LogP contribution in [-0.4, -0.2) is 30.2 Å². The van der Waals surface area contributed by atoms with Gasteiger partial charge in [0.1, 0.15) is 5.52 Å². The van der Waals surface area contributed by atoms with Crippen molar-refractivity contribution in [1.29, 1.82) is 0 Å². The number of allylic oxidation sites excluding steroid dienone is 1. The third-order valence-corrected chi connectivity index (χ3v) is 8.51. The summed E-state index contributed by atoms with van der Waals surface area (Å²) in [7, 11) is -3.79. The number of Topliss-reactive ketones (excluding diaryl/α,β-unsaturated/α-hetero) is 2. The van der Waals surface area contributed by atoms with E-state index in [2.05, 4.69) is 11.6 Å². The average molecular weight is 476 g/mol. The van der Waals surface area contributed by atoms with Gasteiger partial charge in [0.25, 0.3) is 0 Å². The topological polar surface area (TPSA) is 90.4 Å². The lowest BCUT2D eigenvalue weighted by atomic mass is 9.96. The van der Waals surface area contributed by atoms with Crippen LogP contribution in [0.2, 0.25) is 0 Å². The number of aromatic nitrogens is 1. The molecule has 1 saturated carbocycles. The zero-order valence-corrected chi connectivity index (χ0v) is 19.7. The smallest absolute Gasteiger partial charge is 0.312 e. The first-order chi connectivity index (χ1) is 16.3. The lowest BCUT2D eigenvalue weighted by molar-refractivity contribution is 0.0985. The second-order valence-corrected chi connectivity index (χ2v) is 10.9. The summed E-state index contributed by atoms with van der Waals surface area (Å²) in [6.45, 7) is 5.59. The fourth-order valence-electron chi connectivity index (χ4n) is 4.94. The van der Waals surface area contributed by atoms with Crippen molar-refractivity contribution in [3.63, 3.8) is 0 Å². The van der Waals surface area contributed by atoms with E-state index in [9.17, 15) is 18.0 Å². The Kier molecular flexibility index (Phi) is 5.60. The van der Waals surface area contributed by atoms with Gasteiger partial charge in [0.2, 0.25) is 0 Å². The molecule has 1 aromatic heterocycles. The van der Waals surface area contributed by atoms with Crippen molar-refractivity contribution in [2.24, 2.45) is 0 Å². The first-order valence-electron chi connectivity index (χ1n) is 11.5. The first-order valence-corrected chi connectivity index (χ1v) is 12.9. The SMILES string of the molecule is C=C1c2ccc(C(C)=O)cc2C(=O)C1c1ccc2cccc(OS(=O)(=O)C3CCCCC3)c2n1. The second kappa shape index (κ2) is 8.47. The van der Waals surface area contributed by atoms with E-state index in [1.165, 1.54) is 6.92 Å². The summed E-state index contributed by atoms with van der Waals surface area (Å²) in [6, 6.07) is 13.8. The highest BCUT2D eigenvalue weighted by molar-refractivity contribution is 7.87. The molecule has 0 spiro atoms. The number of fused-ring (bicyclic) bond motifs is 2. The zero-order chi connectivity index (χ0) is 24.0. The zero-order valence-electron chi connectivity index (χ0n) is 18.9. The molecule has 5 rings (SSSR count). The van der Waals surface area contributed by atoms with Crippen LogP contribution in [0.15, 0.2) is 55.1 Å². The minimum Gasteiger partial charge on any atom is -0.380 e. The molecule has 1 unspecified atom stereocenters. The van der Waals surface area contributed by atoms with E-state index in [1.54, 1.807) is 36.4 Å². The quantitative estimate of drug-likeness (QED) is 0.359. The van der Waals surface area contributed by atoms with Gasteiger partial charge in [-0.15, -0.1) is 0 Å². The van der Waals surface area contributed by atoms with Gasteiger partial charge in [-0.05, 0) is 49.1 Å². The summed E-state index contributed by atoms with van der Waals surface area (Å²) in [5.74, 6) is -0.834. The maximum Gasteiger partial charge on any atom is 0.312 e. The van der Waals surface area contributed by atoms with Crippen molar-refractivity contribution in [3.8, 4) is 5.75 Å². The normalized spacial score (nSPS) is 18.8. The molecule has 1 heterocycles. The van der Waals surface area contributed by atoms with E-state index in [1.807, 2.05) is 12.1 Å². The van der Waals surface area contributed by atoms with Crippen LogP contribution < -0.4 is 4.18 Å². The molecule has 0 amide bonds. The van der Waals surface area contributed by atoms with Gasteiger partial charge in [0, 0.05) is 16.5 Å². The number of pyridine rings is 1. The molecule has 6 nitrogen and oxygen atoms in total. The third-order valence-electron chi connectivity index (χ3n) is 6.82. The number of hydrogen-bond donors (Lipinski definition) is 0. The molecule has 0 aliphatic heterocycles. The molecule has 3 aromatic rings. The van der Waals surface area contributed by atoms with Crippen LogP contribution in [0.4, 0.5) is 0 Å². The molecule has 0 saturated heterocycles. The fraction of sp³-hybridized carbons (Fsp3) is 0.296. The lowest BCUT2D eigenvalue weighted by Gasteiger charge is -2.21. The van der Waals surface area contributed by atoms with Crippen LogP contribution in [-0.2, 0) is 10.1 Å². The van der Waals surface area contributed by atoms with Gasteiger partial charge in [0.15, 0.2) is 17.3 Å². The number of carbonyl (C=O) groups excluding carboxylic acids is 2. The van der Waals surface area contributed by atoms with Crippen molar-refractivity contribution in [2.75, 3.05) is 0 Å². The van der Waals surface area contributed by atoms with E-state index in [4.69, 9.17) is 4.18 Å². The molecule has 2 aliphatic carbocycles. The molecular formula is C27H25NO5S. The summed E-state index contributed by atoms with van der Waals surface area (Å²) in [6.07, 6.45) is 4.00. The Morgan fingerprint density at radius 1 is 1.03 bits per heavy atom. The number of carbonyl (C=O) groups is 2. The summed E-state index contributed by atoms with van der Waals surface area (Å²) in [4.78, 5) is 29.8. The molecule has 0 bridgehead atoms. The highest BCUT2D eigenvalue weighted by Gasteiger charge is 2.37. The van der Waals surface area contributed by atoms with E-state index in [0.29, 0.717) is 51.7 Å². The van der Waals surface area contributed by atoms with Gasteiger partial charge < -0.3 is 4.18 Å². The van der Waals surface area contributed by atoms with Crippen molar-refractivity contribution in [3.05, 3.63) is 77.5 Å². The van der Waals surface area contributed by atoms with Crippen molar-refractivity contribution >= 4 is 38.2 Å². The molecule has 2 aromatic carbocycles. The predicted molar refractivity (Wildman–Crippen MR) is 131 cm³/mol. The minimum absolute atomic E-state index is 0.116. The van der Waals surface area contributed by atoms with Crippen LogP contribution in [0.3, 0.4) is 0 Å². The molecule has 1 atom stereocenters. The van der Waals surface area contributed by atoms with Crippen molar-refractivity contribution in [1.82, 2.24) is 4.98 Å². The van der Waals surface area contributed by atoms with E-state index in [0.717, 1.165) is 19.3 Å². The molecule has 0 N–H and O–H groups in total. The summed E-state index contributed by atoms with van der Waals surface area (Å²) < 4.78 is 31.5. The third kappa shape index (κ3) is 3.84. The number of para-hydroxylation sites is 1. The number of hydrogen-bond acceptors (Lipinski definition) is 6. The predicted octanol–water partition coefficient (Wildman–Crippen LogP) is 5.47. The maximum atomic E-state index is 13.3. The summed E-state index contributed by atoms with van der Waals surface area (Å²) in [5, 5.41) is 0.202. The summed E-state index contributed by atoms with van der Waals surface area (Å²) in [5.41, 5.74) is 3.08. The number of rotatable bonds is 5. The van der Waals surface area contributed by atoms with Crippen molar-refractivity contribution < 1.29 is 22.2 Å². The van der Waals surface area contributed by atoms with Crippen LogP contribution in [0.1, 0.15) is 76.9 Å². The highest BCUT2D eigenvalue weighted by Crippen LogP contribution is 2.43. The van der Waals surface area contributed by atoms with Gasteiger partial charge in [-0.25, -0.2) is 4.98 Å². The fourth-order valence-corrected chi connectivity index (χ4v) is 6.37. The average Bonchev–Trinajstić information content (AvgIpc) is 3.09. The highest BCUT2D eigenvalue weighted by atomic mass is 32.2. The van der Waals surface area contributed by atoms with Gasteiger partial charge in [-0.1, -0.05) is 56.2 Å². The van der Waals surface area contributed by atoms with E-state index >= 15 is 0 Å². The Bertz CT molecular complexity index is 1450.